The molecule has 0 saturated carbocycles. The number of methoxy groups -OCH3 is 1. The number of aromatic nitrogens is 3. The van der Waals surface area contributed by atoms with Gasteiger partial charge in [0.1, 0.15) is 11.3 Å². The van der Waals surface area contributed by atoms with E-state index < -0.39 is 0 Å². The highest BCUT2D eigenvalue weighted by molar-refractivity contribution is 5.77. The smallest absolute Gasteiger partial charge is 0.121 e. The minimum atomic E-state index is 0.727. The van der Waals surface area contributed by atoms with Crippen molar-refractivity contribution in [1.29, 1.82) is 0 Å². The molecule has 2 aromatic carbocycles. The maximum Gasteiger partial charge on any atom is 0.121 e. The highest BCUT2D eigenvalue weighted by atomic mass is 16.5. The van der Waals surface area contributed by atoms with Gasteiger partial charge < -0.3 is 10.5 Å². The zero-order chi connectivity index (χ0) is 12.5. The molecule has 0 aliphatic rings. The summed E-state index contributed by atoms with van der Waals surface area (Å²) in [5.41, 5.74) is 9.05. The van der Waals surface area contributed by atoms with E-state index >= 15 is 0 Å². The van der Waals surface area contributed by atoms with Crippen LogP contribution in [0.3, 0.4) is 0 Å². The summed E-state index contributed by atoms with van der Waals surface area (Å²) in [6.07, 6.45) is 0. The van der Waals surface area contributed by atoms with E-state index in [4.69, 9.17) is 10.5 Å². The van der Waals surface area contributed by atoms with E-state index in [0.717, 1.165) is 28.2 Å². The molecule has 3 rings (SSSR count). The third-order valence-electron chi connectivity index (χ3n) is 2.79. The molecule has 18 heavy (non-hydrogen) atoms. The Morgan fingerprint density at radius 2 is 1.89 bits per heavy atom. The molecule has 0 aliphatic carbocycles. The summed E-state index contributed by atoms with van der Waals surface area (Å²) >= 11 is 0. The van der Waals surface area contributed by atoms with Gasteiger partial charge in [0.15, 0.2) is 0 Å². The van der Waals surface area contributed by atoms with Gasteiger partial charge in [0, 0.05) is 11.8 Å². The second-order valence-corrected chi connectivity index (χ2v) is 3.95. The lowest BCUT2D eigenvalue weighted by atomic mass is 10.2. The molecular weight excluding hydrogens is 228 g/mol. The number of nitrogens with two attached hydrogens (primary N) is 1. The fourth-order valence-corrected chi connectivity index (χ4v) is 1.84. The summed E-state index contributed by atoms with van der Waals surface area (Å²) in [5, 5.41) is 8.27. The molecule has 0 amide bonds. The fraction of sp³-hybridized carbons (Fsp3) is 0.0769. The second-order valence-electron chi connectivity index (χ2n) is 3.95. The van der Waals surface area contributed by atoms with Crippen LogP contribution in [0.2, 0.25) is 0 Å². The van der Waals surface area contributed by atoms with Crippen LogP contribution in [-0.4, -0.2) is 22.1 Å². The van der Waals surface area contributed by atoms with Crippen LogP contribution in [0.5, 0.6) is 5.75 Å². The lowest BCUT2D eigenvalue weighted by Gasteiger charge is -2.03. The Bertz CT molecular complexity index is 688. The third-order valence-corrected chi connectivity index (χ3v) is 2.79. The first kappa shape index (κ1) is 10.6. The number of hydrogen-bond donors (Lipinski definition) is 1. The minimum Gasteiger partial charge on any atom is -0.497 e. The Balaban J connectivity index is 2.15. The lowest BCUT2D eigenvalue weighted by Crippen LogP contribution is -1.96. The van der Waals surface area contributed by atoms with Gasteiger partial charge in [-0.05, 0) is 36.4 Å². The van der Waals surface area contributed by atoms with Crippen molar-refractivity contribution in [3.05, 3.63) is 42.5 Å². The van der Waals surface area contributed by atoms with E-state index in [-0.39, 0.29) is 0 Å². The van der Waals surface area contributed by atoms with Crippen LogP contribution in [-0.2, 0) is 0 Å². The number of hydrogen-bond acceptors (Lipinski definition) is 4. The fourth-order valence-electron chi connectivity index (χ4n) is 1.84. The van der Waals surface area contributed by atoms with Crippen molar-refractivity contribution in [2.75, 3.05) is 12.8 Å². The second kappa shape index (κ2) is 4.03. The third kappa shape index (κ3) is 1.66. The highest BCUT2D eigenvalue weighted by Gasteiger charge is 2.07. The first-order valence-electron chi connectivity index (χ1n) is 5.53. The molecule has 2 N–H and O–H groups in total. The van der Waals surface area contributed by atoms with Crippen molar-refractivity contribution in [2.24, 2.45) is 0 Å². The normalized spacial score (nSPS) is 10.7. The molecule has 0 unspecified atom stereocenters. The van der Waals surface area contributed by atoms with Gasteiger partial charge >= 0.3 is 0 Å². The molecule has 90 valence electrons. The molecule has 0 bridgehead atoms. The Hall–Kier alpha value is -2.56. The van der Waals surface area contributed by atoms with Gasteiger partial charge in [0.25, 0.3) is 0 Å². The predicted octanol–water partition coefficient (Wildman–Crippen LogP) is 2.01. The van der Waals surface area contributed by atoms with Crippen LogP contribution in [0.1, 0.15) is 0 Å². The standard InChI is InChI=1S/C13H12N4O/c1-18-11-6-7-13-12(8-11)15-16-17(13)10-4-2-9(14)3-5-10/h2-8H,14H2,1H3. The minimum absolute atomic E-state index is 0.727. The Kier molecular flexibility index (Phi) is 2.37. The maximum atomic E-state index is 5.67. The van der Waals surface area contributed by atoms with Crippen LogP contribution < -0.4 is 10.5 Å². The molecule has 1 heterocycles. The number of rotatable bonds is 2. The summed E-state index contributed by atoms with van der Waals surface area (Å²) in [6, 6.07) is 13.2. The zero-order valence-corrected chi connectivity index (χ0v) is 9.87. The number of nitrogen functional groups attached to an aromatic ring is 1. The Morgan fingerprint density at radius 3 is 2.61 bits per heavy atom. The van der Waals surface area contributed by atoms with Crippen LogP contribution >= 0.6 is 0 Å². The summed E-state index contributed by atoms with van der Waals surface area (Å²) in [6.45, 7) is 0. The SMILES string of the molecule is COc1ccc2c(c1)nnn2-c1ccc(N)cc1. The van der Waals surface area contributed by atoms with Crippen molar-refractivity contribution in [1.82, 2.24) is 15.0 Å². The average Bonchev–Trinajstić information content (AvgIpc) is 2.82. The van der Waals surface area contributed by atoms with E-state index in [1.165, 1.54) is 0 Å². The molecule has 0 fully saturated rings. The topological polar surface area (TPSA) is 66.0 Å². The number of benzene rings is 2. The van der Waals surface area contributed by atoms with Crippen molar-refractivity contribution in [2.45, 2.75) is 0 Å². The summed E-state index contributed by atoms with van der Waals surface area (Å²) in [4.78, 5) is 0. The van der Waals surface area contributed by atoms with Gasteiger partial charge in [0.05, 0.1) is 18.3 Å². The first-order valence-corrected chi connectivity index (χ1v) is 5.53. The summed E-state index contributed by atoms with van der Waals surface area (Å²) < 4.78 is 6.93. The Labute approximate surface area is 104 Å². The van der Waals surface area contributed by atoms with Crippen LogP contribution in [0.25, 0.3) is 16.7 Å². The molecular formula is C13H12N4O. The van der Waals surface area contributed by atoms with Crippen LogP contribution in [0, 0.1) is 0 Å². The van der Waals surface area contributed by atoms with E-state index in [1.54, 1.807) is 11.8 Å². The number of ether oxygens (including phenoxy) is 1. The molecule has 0 atom stereocenters. The monoisotopic (exact) mass is 240 g/mol. The molecule has 0 spiro atoms. The Morgan fingerprint density at radius 1 is 1.11 bits per heavy atom. The van der Waals surface area contributed by atoms with Crippen molar-refractivity contribution >= 4 is 16.7 Å². The van der Waals surface area contributed by atoms with Gasteiger partial charge in [-0.25, -0.2) is 4.68 Å². The number of fused-ring (bicyclic) bond motifs is 1. The molecule has 5 nitrogen and oxygen atoms in total. The van der Waals surface area contributed by atoms with E-state index in [0.29, 0.717) is 0 Å². The van der Waals surface area contributed by atoms with Crippen LogP contribution in [0.15, 0.2) is 42.5 Å². The van der Waals surface area contributed by atoms with Gasteiger partial charge in [-0.1, -0.05) is 5.21 Å². The highest BCUT2D eigenvalue weighted by Crippen LogP contribution is 2.21. The average molecular weight is 240 g/mol. The summed E-state index contributed by atoms with van der Waals surface area (Å²) in [7, 11) is 1.63. The largest absolute Gasteiger partial charge is 0.497 e. The van der Waals surface area contributed by atoms with E-state index in [1.807, 2.05) is 42.5 Å². The van der Waals surface area contributed by atoms with Gasteiger partial charge in [-0.15, -0.1) is 5.10 Å². The molecule has 3 aromatic rings. The summed E-state index contributed by atoms with van der Waals surface area (Å²) in [5.74, 6) is 0.770. The van der Waals surface area contributed by atoms with E-state index in [9.17, 15) is 0 Å². The molecule has 5 heteroatoms. The number of anilines is 1. The molecule has 0 saturated heterocycles. The van der Waals surface area contributed by atoms with Crippen LogP contribution in [0.4, 0.5) is 5.69 Å². The molecule has 0 aliphatic heterocycles. The quantitative estimate of drug-likeness (QED) is 0.696. The predicted molar refractivity (Wildman–Crippen MR) is 69.8 cm³/mol. The first-order chi connectivity index (χ1) is 8.78. The van der Waals surface area contributed by atoms with Crippen molar-refractivity contribution in [3.8, 4) is 11.4 Å². The molecule has 1 aromatic heterocycles. The van der Waals surface area contributed by atoms with Gasteiger partial charge in [0.2, 0.25) is 0 Å². The maximum absolute atomic E-state index is 5.67. The zero-order valence-electron chi connectivity index (χ0n) is 9.87. The van der Waals surface area contributed by atoms with Gasteiger partial charge in [-0.2, -0.15) is 0 Å². The van der Waals surface area contributed by atoms with Crippen molar-refractivity contribution in [3.63, 3.8) is 0 Å². The van der Waals surface area contributed by atoms with Crippen molar-refractivity contribution < 1.29 is 4.74 Å². The lowest BCUT2D eigenvalue weighted by molar-refractivity contribution is 0.415. The number of nitrogens with zero attached hydrogens (tertiary/aromatic N) is 3. The van der Waals surface area contributed by atoms with Gasteiger partial charge in [-0.3, -0.25) is 0 Å². The molecule has 0 radical (unpaired) electrons. The van der Waals surface area contributed by atoms with E-state index in [2.05, 4.69) is 10.3 Å².